The second-order valence-electron chi connectivity index (χ2n) is 5.18. The molecule has 0 saturated heterocycles. The van der Waals surface area contributed by atoms with Gasteiger partial charge in [0.15, 0.2) is 0 Å². The summed E-state index contributed by atoms with van der Waals surface area (Å²) in [5.74, 6) is 0.785. The van der Waals surface area contributed by atoms with Crippen LogP contribution in [0.4, 0.5) is 0 Å². The first-order valence-electron chi connectivity index (χ1n) is 6.85. The summed E-state index contributed by atoms with van der Waals surface area (Å²) in [5.41, 5.74) is 3.01. The summed E-state index contributed by atoms with van der Waals surface area (Å²) in [5, 5.41) is 0. The molecule has 0 saturated carbocycles. The number of fused-ring (bicyclic) bond motifs is 1. The number of ether oxygens (including phenoxy) is 1. The molecule has 2 aromatic carbocycles. The first-order chi connectivity index (χ1) is 10.0. The Morgan fingerprint density at radius 2 is 2.05 bits per heavy atom. The summed E-state index contributed by atoms with van der Waals surface area (Å²) >= 11 is 0. The Hall–Kier alpha value is -1.85. The molecule has 0 fully saturated rings. The number of hydrogen-bond donors (Lipinski definition) is 1. The van der Waals surface area contributed by atoms with Crippen molar-refractivity contribution in [3.8, 4) is 5.75 Å². The normalized spacial score (nSPS) is 13.8. The molecule has 1 aliphatic rings. The van der Waals surface area contributed by atoms with Crippen LogP contribution in [0.5, 0.6) is 5.75 Å². The van der Waals surface area contributed by atoms with E-state index in [1.54, 1.807) is 18.2 Å². The van der Waals surface area contributed by atoms with Gasteiger partial charge in [0.05, 0.1) is 11.5 Å². The van der Waals surface area contributed by atoms with Crippen LogP contribution >= 0.6 is 0 Å². The van der Waals surface area contributed by atoms with Gasteiger partial charge in [-0.25, -0.2) is 13.1 Å². The summed E-state index contributed by atoms with van der Waals surface area (Å²) in [4.78, 5) is 0.291. The summed E-state index contributed by atoms with van der Waals surface area (Å²) in [6.07, 6.45) is 0.760. The van der Waals surface area contributed by atoms with Crippen LogP contribution in [0.25, 0.3) is 0 Å². The largest absolute Gasteiger partial charge is 0.493 e. The van der Waals surface area contributed by atoms with E-state index in [1.807, 2.05) is 31.2 Å². The monoisotopic (exact) mass is 303 g/mol. The number of rotatable bonds is 4. The van der Waals surface area contributed by atoms with Crippen LogP contribution in [0.1, 0.15) is 16.7 Å². The third-order valence-corrected chi connectivity index (χ3v) is 4.92. The molecule has 0 radical (unpaired) electrons. The maximum absolute atomic E-state index is 12.3. The third kappa shape index (κ3) is 3.09. The Labute approximate surface area is 124 Å². The van der Waals surface area contributed by atoms with Crippen LogP contribution in [0.2, 0.25) is 0 Å². The Kier molecular flexibility index (Phi) is 3.69. The molecule has 0 amide bonds. The third-order valence-electron chi connectivity index (χ3n) is 3.52. The number of nitrogens with one attached hydrogen (secondary N) is 1. The Morgan fingerprint density at radius 3 is 2.86 bits per heavy atom. The van der Waals surface area contributed by atoms with Gasteiger partial charge in [0.1, 0.15) is 5.75 Å². The van der Waals surface area contributed by atoms with Crippen LogP contribution in [-0.4, -0.2) is 15.0 Å². The van der Waals surface area contributed by atoms with Crippen LogP contribution in [0.15, 0.2) is 47.4 Å². The van der Waals surface area contributed by atoms with Gasteiger partial charge in [-0.1, -0.05) is 29.8 Å². The van der Waals surface area contributed by atoms with Crippen molar-refractivity contribution in [2.24, 2.45) is 0 Å². The number of benzene rings is 2. The molecule has 5 heteroatoms. The van der Waals surface area contributed by atoms with E-state index >= 15 is 0 Å². The van der Waals surface area contributed by atoms with Crippen LogP contribution in [0, 0.1) is 6.92 Å². The van der Waals surface area contributed by atoms with Gasteiger partial charge in [-0.3, -0.25) is 0 Å². The lowest BCUT2D eigenvalue weighted by molar-refractivity contribution is 0.356. The fourth-order valence-electron chi connectivity index (χ4n) is 2.41. The maximum atomic E-state index is 12.3. The highest BCUT2D eigenvalue weighted by molar-refractivity contribution is 7.89. The van der Waals surface area contributed by atoms with Gasteiger partial charge in [-0.15, -0.1) is 0 Å². The van der Waals surface area contributed by atoms with E-state index in [-0.39, 0.29) is 6.54 Å². The number of aryl methyl sites for hydroxylation is 1. The van der Waals surface area contributed by atoms with Gasteiger partial charge in [-0.05, 0) is 36.2 Å². The van der Waals surface area contributed by atoms with Gasteiger partial charge >= 0.3 is 0 Å². The van der Waals surface area contributed by atoms with Crippen LogP contribution in [-0.2, 0) is 23.0 Å². The van der Waals surface area contributed by atoms with Gasteiger partial charge in [-0.2, -0.15) is 0 Å². The molecular formula is C16H17NO3S. The summed E-state index contributed by atoms with van der Waals surface area (Å²) in [6, 6.07) is 12.8. The lowest BCUT2D eigenvalue weighted by Gasteiger charge is -2.08. The van der Waals surface area contributed by atoms with Crippen molar-refractivity contribution in [2.45, 2.75) is 24.8 Å². The van der Waals surface area contributed by atoms with E-state index in [9.17, 15) is 8.42 Å². The molecule has 0 spiro atoms. The van der Waals surface area contributed by atoms with Crippen molar-refractivity contribution >= 4 is 10.0 Å². The molecule has 0 unspecified atom stereocenters. The minimum absolute atomic E-state index is 0.289. The van der Waals surface area contributed by atoms with Gasteiger partial charge < -0.3 is 4.74 Å². The minimum Gasteiger partial charge on any atom is -0.493 e. The SMILES string of the molecule is Cc1cccc(CNS(=O)(=O)c2ccc3c(c2)CCO3)c1. The van der Waals surface area contributed by atoms with E-state index < -0.39 is 10.0 Å². The Balaban J connectivity index is 1.78. The average molecular weight is 303 g/mol. The van der Waals surface area contributed by atoms with E-state index in [2.05, 4.69) is 4.72 Å². The summed E-state index contributed by atoms with van der Waals surface area (Å²) in [7, 11) is -3.50. The van der Waals surface area contributed by atoms with E-state index in [0.29, 0.717) is 11.5 Å². The second kappa shape index (κ2) is 5.50. The van der Waals surface area contributed by atoms with Crippen molar-refractivity contribution in [3.63, 3.8) is 0 Å². The lowest BCUT2D eigenvalue weighted by atomic mass is 10.1. The van der Waals surface area contributed by atoms with Crippen LogP contribution < -0.4 is 9.46 Å². The molecule has 0 aromatic heterocycles. The highest BCUT2D eigenvalue weighted by Crippen LogP contribution is 2.27. The van der Waals surface area contributed by atoms with Gasteiger partial charge in [0.2, 0.25) is 10.0 Å². The molecular weight excluding hydrogens is 286 g/mol. The first-order valence-corrected chi connectivity index (χ1v) is 8.34. The Bertz CT molecular complexity index is 769. The molecule has 0 aliphatic carbocycles. The summed E-state index contributed by atoms with van der Waals surface area (Å²) in [6.45, 7) is 2.89. The van der Waals surface area contributed by atoms with E-state index in [0.717, 1.165) is 28.9 Å². The minimum atomic E-state index is -3.50. The fourth-order valence-corrected chi connectivity index (χ4v) is 3.48. The molecule has 2 aromatic rings. The molecule has 3 rings (SSSR count). The molecule has 110 valence electrons. The predicted octanol–water partition coefficient (Wildman–Crippen LogP) is 2.41. The van der Waals surface area contributed by atoms with Crippen molar-refractivity contribution in [1.29, 1.82) is 0 Å². The zero-order valence-corrected chi connectivity index (χ0v) is 12.6. The predicted molar refractivity (Wildman–Crippen MR) is 80.8 cm³/mol. The van der Waals surface area contributed by atoms with Crippen molar-refractivity contribution in [3.05, 3.63) is 59.2 Å². The number of sulfonamides is 1. The maximum Gasteiger partial charge on any atom is 0.240 e. The zero-order chi connectivity index (χ0) is 14.9. The van der Waals surface area contributed by atoms with E-state index in [4.69, 9.17) is 4.74 Å². The molecule has 4 nitrogen and oxygen atoms in total. The molecule has 0 bridgehead atoms. The van der Waals surface area contributed by atoms with Crippen molar-refractivity contribution in [2.75, 3.05) is 6.61 Å². The van der Waals surface area contributed by atoms with Gasteiger partial charge in [0.25, 0.3) is 0 Å². The highest BCUT2D eigenvalue weighted by Gasteiger charge is 2.18. The van der Waals surface area contributed by atoms with Crippen LogP contribution in [0.3, 0.4) is 0 Å². The average Bonchev–Trinajstić information content (AvgIpc) is 2.93. The summed E-state index contributed by atoms with van der Waals surface area (Å²) < 4.78 is 32.7. The molecule has 0 atom stereocenters. The highest BCUT2D eigenvalue weighted by atomic mass is 32.2. The van der Waals surface area contributed by atoms with Gasteiger partial charge in [0, 0.05) is 13.0 Å². The van der Waals surface area contributed by atoms with Crippen molar-refractivity contribution < 1.29 is 13.2 Å². The molecule has 1 heterocycles. The molecule has 21 heavy (non-hydrogen) atoms. The smallest absolute Gasteiger partial charge is 0.240 e. The van der Waals surface area contributed by atoms with E-state index in [1.165, 1.54) is 0 Å². The standard InChI is InChI=1S/C16H17NO3S/c1-12-3-2-4-13(9-12)11-17-21(18,19)15-5-6-16-14(10-15)7-8-20-16/h2-6,9-10,17H,7-8,11H2,1H3. The topological polar surface area (TPSA) is 55.4 Å². The lowest BCUT2D eigenvalue weighted by Crippen LogP contribution is -2.23. The number of hydrogen-bond acceptors (Lipinski definition) is 3. The Morgan fingerprint density at radius 1 is 1.19 bits per heavy atom. The quantitative estimate of drug-likeness (QED) is 0.943. The fraction of sp³-hybridized carbons (Fsp3) is 0.250. The first kappa shape index (κ1) is 14.1. The molecule has 1 aliphatic heterocycles. The zero-order valence-electron chi connectivity index (χ0n) is 11.8. The second-order valence-corrected chi connectivity index (χ2v) is 6.95. The van der Waals surface area contributed by atoms with Crippen molar-refractivity contribution in [1.82, 2.24) is 4.72 Å². The molecule has 1 N–H and O–H groups in total.